The van der Waals surface area contributed by atoms with Gasteiger partial charge in [-0.1, -0.05) is 282 Å². The minimum Gasteiger partial charge on any atom is -0.462 e. The summed E-state index contributed by atoms with van der Waals surface area (Å²) in [5.41, 5.74) is 0. The summed E-state index contributed by atoms with van der Waals surface area (Å²) >= 11 is 0. The lowest BCUT2D eigenvalue weighted by molar-refractivity contribution is -0.164. The number of ether oxygens (including phenoxy) is 13. The highest BCUT2D eigenvalue weighted by molar-refractivity contribution is 5.71. The molecule has 0 aromatic heterocycles. The van der Waals surface area contributed by atoms with Crippen molar-refractivity contribution in [3.8, 4) is 0 Å². The first-order valence-corrected chi connectivity index (χ1v) is 51.0. The molecule has 0 spiro atoms. The molecule has 127 heavy (non-hydrogen) atoms. The summed E-state index contributed by atoms with van der Waals surface area (Å²) in [7, 11) is 0. The molecule has 0 aromatic carbocycles. The van der Waals surface area contributed by atoms with Crippen molar-refractivity contribution in [1.82, 2.24) is 0 Å². The highest BCUT2D eigenvalue weighted by Crippen LogP contribution is 2.18. The Hall–Kier alpha value is -3.84. The summed E-state index contributed by atoms with van der Waals surface area (Å²) < 4.78 is 72.0. The number of esters is 4. The molecule has 10 atom stereocenters. The standard InChI is InChI=1S/C102H190O25/c1-5-9-13-17-21-25-29-33-37-41-45-49-53-57-61-65-99(111)124-87-97(126-101(113)67-63-59-55-51-47-43-39-35-31-27-23-19-15-11-7-3)85-122-83-95(109)81-120-79-93(107)77-118-75-91(105)73-116-71-89(103)69-115-70-90(104)72-117-74-92(106)76-119-78-94(108)80-121-82-96(110)84-123-86-98(127-102(114)68-64-60-56-52-48-44-40-36-32-28-24-20-16-12-8-4)88-125-100(112)66-62-58-54-50-46-42-38-34-30-26-22-18-14-10-6-2/h33-40,89-98,103-110H,5-32,41-88H2,1-4H3/b37-33-,38-34-,39-35-,40-36-. The molecule has 25 nitrogen and oxygen atoms in total. The third kappa shape index (κ3) is 95.1. The van der Waals surface area contributed by atoms with Crippen LogP contribution in [0.25, 0.3) is 0 Å². The highest BCUT2D eigenvalue weighted by atomic mass is 16.6. The molecule has 0 saturated heterocycles. The number of allylic oxidation sites excluding steroid dienone is 8. The van der Waals surface area contributed by atoms with Gasteiger partial charge in [0.25, 0.3) is 0 Å². The molecule has 748 valence electrons. The van der Waals surface area contributed by atoms with E-state index in [4.69, 9.17) is 61.6 Å². The SMILES string of the molecule is CCCCCCCC/C=C\CCCCCCCC(=O)OCC(COCC(O)COCC(O)COCC(O)COCC(O)COCC(O)COCC(O)COCC(O)COCC(O)COCC(COC(=O)CCCCCCC/C=C\CCCCCCCC)OC(=O)CCCCCCC/C=C\CCCCCCCC)OC(=O)CCCCCCC/C=C\CCCCCCCC. The topological polar surface area (TPSA) is 350 Å². The van der Waals surface area contributed by atoms with Crippen LogP contribution in [0, 0.1) is 0 Å². The van der Waals surface area contributed by atoms with Crippen LogP contribution in [0.15, 0.2) is 48.6 Å². The fourth-order valence-electron chi connectivity index (χ4n) is 14.0. The molecular weight excluding hydrogens is 1630 g/mol. The Balaban J connectivity index is 4.60. The summed E-state index contributed by atoms with van der Waals surface area (Å²) in [6, 6.07) is 0. The molecule has 0 heterocycles. The predicted molar refractivity (Wildman–Crippen MR) is 505 cm³/mol. The van der Waals surface area contributed by atoms with E-state index in [0.717, 1.165) is 154 Å². The van der Waals surface area contributed by atoms with Crippen molar-refractivity contribution in [2.75, 3.05) is 132 Å². The van der Waals surface area contributed by atoms with Crippen molar-refractivity contribution in [3.05, 3.63) is 48.6 Å². The van der Waals surface area contributed by atoms with Crippen molar-refractivity contribution >= 4 is 23.9 Å². The van der Waals surface area contributed by atoms with Crippen LogP contribution in [-0.2, 0) is 80.8 Å². The van der Waals surface area contributed by atoms with Gasteiger partial charge in [0.15, 0.2) is 12.2 Å². The van der Waals surface area contributed by atoms with Crippen molar-refractivity contribution in [3.63, 3.8) is 0 Å². The third-order valence-electron chi connectivity index (χ3n) is 21.6. The number of aliphatic hydroxyl groups excluding tert-OH is 8. The van der Waals surface area contributed by atoms with E-state index >= 15 is 0 Å². The number of carbonyl (C=O) groups excluding carboxylic acids is 4. The zero-order valence-corrected chi connectivity index (χ0v) is 80.7. The van der Waals surface area contributed by atoms with Crippen LogP contribution in [0.1, 0.15) is 387 Å². The van der Waals surface area contributed by atoms with E-state index in [1.807, 2.05) is 0 Å². The van der Waals surface area contributed by atoms with E-state index < -0.39 is 73.0 Å². The van der Waals surface area contributed by atoms with E-state index in [1.54, 1.807) is 0 Å². The van der Waals surface area contributed by atoms with Crippen LogP contribution in [0.2, 0.25) is 0 Å². The van der Waals surface area contributed by atoms with Crippen LogP contribution in [0.4, 0.5) is 0 Å². The molecule has 0 bridgehead atoms. The first kappa shape index (κ1) is 123. The molecule has 0 aliphatic heterocycles. The van der Waals surface area contributed by atoms with Gasteiger partial charge in [0.1, 0.15) is 62.0 Å². The number of carbonyl (C=O) groups is 4. The zero-order chi connectivity index (χ0) is 92.7. The predicted octanol–water partition coefficient (Wildman–Crippen LogP) is 19.1. The summed E-state index contributed by atoms with van der Waals surface area (Å²) in [5.74, 6) is -1.53. The number of rotatable bonds is 102. The van der Waals surface area contributed by atoms with E-state index in [9.17, 15) is 60.0 Å². The van der Waals surface area contributed by atoms with Crippen molar-refractivity contribution in [2.45, 2.75) is 448 Å². The van der Waals surface area contributed by atoms with Gasteiger partial charge in [0.2, 0.25) is 0 Å². The first-order valence-electron chi connectivity index (χ1n) is 51.0. The summed E-state index contributed by atoms with van der Waals surface area (Å²) in [6.07, 6.45) is 68.8. The van der Waals surface area contributed by atoms with Gasteiger partial charge >= 0.3 is 23.9 Å². The fourth-order valence-corrected chi connectivity index (χ4v) is 14.0. The average molecular weight is 1820 g/mol. The van der Waals surface area contributed by atoms with Gasteiger partial charge in [0.05, 0.1) is 119 Å². The Morgan fingerprint density at radius 3 is 0.496 bits per heavy atom. The number of aliphatic hydroxyl groups is 8. The second kappa shape index (κ2) is 98.2. The molecule has 0 rings (SSSR count). The Labute approximate surface area is 770 Å². The van der Waals surface area contributed by atoms with Crippen LogP contribution in [-0.4, -0.2) is 258 Å². The van der Waals surface area contributed by atoms with Gasteiger partial charge in [-0.25, -0.2) is 0 Å². The van der Waals surface area contributed by atoms with E-state index in [0.29, 0.717) is 25.7 Å². The fraction of sp³-hybridized carbons (Fsp3) is 0.882. The minimum atomic E-state index is -1.10. The van der Waals surface area contributed by atoms with Crippen LogP contribution >= 0.6 is 0 Å². The van der Waals surface area contributed by atoms with Crippen LogP contribution in [0.5, 0.6) is 0 Å². The van der Waals surface area contributed by atoms with E-state index in [2.05, 4.69) is 76.3 Å². The summed E-state index contributed by atoms with van der Waals surface area (Å²) in [4.78, 5) is 51.5. The average Bonchev–Trinajstić information content (AvgIpc) is 0.945. The van der Waals surface area contributed by atoms with Crippen LogP contribution < -0.4 is 0 Å². The lowest BCUT2D eigenvalue weighted by Gasteiger charge is -2.20. The molecule has 8 N–H and O–H groups in total. The maximum atomic E-state index is 13.0. The number of unbranched alkanes of at least 4 members (excludes halogenated alkanes) is 44. The van der Waals surface area contributed by atoms with E-state index in [-0.39, 0.29) is 170 Å². The lowest BCUT2D eigenvalue weighted by Crippen LogP contribution is -2.33. The second-order valence-corrected chi connectivity index (χ2v) is 35.0. The Bertz CT molecular complexity index is 2290. The molecule has 0 amide bonds. The van der Waals surface area contributed by atoms with Gasteiger partial charge in [0, 0.05) is 25.7 Å². The molecular formula is C102H190O25. The summed E-state index contributed by atoms with van der Waals surface area (Å²) in [6.45, 7) is 5.30. The van der Waals surface area contributed by atoms with Gasteiger partial charge in [-0.05, 0) is 128 Å². The van der Waals surface area contributed by atoms with Crippen LogP contribution in [0.3, 0.4) is 0 Å². The molecule has 10 unspecified atom stereocenters. The van der Waals surface area contributed by atoms with Gasteiger partial charge < -0.3 is 102 Å². The molecule has 0 radical (unpaired) electrons. The quantitative estimate of drug-likeness (QED) is 0.0121. The van der Waals surface area contributed by atoms with Gasteiger partial charge in [-0.2, -0.15) is 0 Å². The normalized spacial score (nSPS) is 14.5. The molecule has 0 fully saturated rings. The van der Waals surface area contributed by atoms with Crippen molar-refractivity contribution in [1.29, 1.82) is 0 Å². The zero-order valence-electron chi connectivity index (χ0n) is 80.7. The highest BCUT2D eigenvalue weighted by Gasteiger charge is 2.23. The van der Waals surface area contributed by atoms with Crippen molar-refractivity contribution in [2.24, 2.45) is 0 Å². The first-order chi connectivity index (χ1) is 62.0. The number of hydrogen-bond donors (Lipinski definition) is 8. The Morgan fingerprint density at radius 2 is 0.323 bits per heavy atom. The number of hydrogen-bond acceptors (Lipinski definition) is 25. The minimum absolute atomic E-state index is 0.112. The smallest absolute Gasteiger partial charge is 0.306 e. The Kier molecular flexibility index (Phi) is 95.2. The largest absolute Gasteiger partial charge is 0.462 e. The van der Waals surface area contributed by atoms with Crippen molar-refractivity contribution < 1.29 is 122 Å². The van der Waals surface area contributed by atoms with Gasteiger partial charge in [-0.3, -0.25) is 19.2 Å². The molecule has 25 heteroatoms. The maximum Gasteiger partial charge on any atom is 0.306 e. The molecule has 0 saturated carbocycles. The van der Waals surface area contributed by atoms with Gasteiger partial charge in [-0.15, -0.1) is 0 Å². The lowest BCUT2D eigenvalue weighted by atomic mass is 10.1. The Morgan fingerprint density at radius 1 is 0.181 bits per heavy atom. The molecule has 0 aromatic rings. The monoisotopic (exact) mass is 1820 g/mol. The summed E-state index contributed by atoms with van der Waals surface area (Å²) in [5, 5.41) is 83.5. The maximum absolute atomic E-state index is 13.0. The third-order valence-corrected chi connectivity index (χ3v) is 21.6. The second-order valence-electron chi connectivity index (χ2n) is 35.0. The van der Waals surface area contributed by atoms with E-state index in [1.165, 1.54) is 154 Å². The molecule has 0 aliphatic carbocycles. The molecule has 0 aliphatic rings.